The summed E-state index contributed by atoms with van der Waals surface area (Å²) in [5.41, 5.74) is 1.98. The number of aryl methyl sites for hydroxylation is 2. The van der Waals surface area contributed by atoms with Crippen molar-refractivity contribution in [2.45, 2.75) is 26.3 Å². The van der Waals surface area contributed by atoms with Gasteiger partial charge in [0.25, 0.3) is 0 Å². The van der Waals surface area contributed by atoms with E-state index in [4.69, 9.17) is 4.52 Å². The molecule has 1 fully saturated rings. The maximum absolute atomic E-state index is 12.1. The van der Waals surface area contributed by atoms with Gasteiger partial charge in [-0.05, 0) is 26.0 Å². The summed E-state index contributed by atoms with van der Waals surface area (Å²) in [6, 6.07) is 8.73. The minimum Gasteiger partial charge on any atom is -0.360 e. The van der Waals surface area contributed by atoms with Gasteiger partial charge in [0, 0.05) is 24.7 Å². The van der Waals surface area contributed by atoms with Gasteiger partial charge < -0.3 is 14.7 Å². The number of hydrogen-bond donors (Lipinski definition) is 2. The van der Waals surface area contributed by atoms with Crippen LogP contribution in [0.5, 0.6) is 0 Å². The van der Waals surface area contributed by atoms with Gasteiger partial charge in [-0.25, -0.2) is 4.79 Å². The van der Waals surface area contributed by atoms with E-state index in [1.54, 1.807) is 17.9 Å². The van der Waals surface area contributed by atoms with Crippen molar-refractivity contribution in [1.82, 2.24) is 10.5 Å². The van der Waals surface area contributed by atoms with E-state index in [0.717, 1.165) is 11.3 Å². The van der Waals surface area contributed by atoms with Gasteiger partial charge in [0.2, 0.25) is 5.91 Å². The summed E-state index contributed by atoms with van der Waals surface area (Å²) < 4.78 is 4.88. The monoisotopic (exact) mass is 314 g/mol. The second-order valence-electron chi connectivity index (χ2n) is 5.66. The molecule has 0 aliphatic carbocycles. The summed E-state index contributed by atoms with van der Waals surface area (Å²) in [6.45, 7) is 4.19. The SMILES string of the molecule is Cc1ccc(N2C[C@H](NC(=O)Nc3cc(C)on3)CC2=O)cc1. The molecule has 3 amide bonds. The summed E-state index contributed by atoms with van der Waals surface area (Å²) in [4.78, 5) is 25.8. The molecule has 7 heteroatoms. The summed E-state index contributed by atoms with van der Waals surface area (Å²) >= 11 is 0. The highest BCUT2D eigenvalue weighted by atomic mass is 16.5. The Morgan fingerprint density at radius 1 is 1.30 bits per heavy atom. The molecule has 3 rings (SSSR count). The Morgan fingerprint density at radius 3 is 2.70 bits per heavy atom. The quantitative estimate of drug-likeness (QED) is 0.909. The molecule has 1 saturated heterocycles. The number of nitrogens with zero attached hydrogens (tertiary/aromatic N) is 2. The van der Waals surface area contributed by atoms with Crippen LogP contribution in [0.1, 0.15) is 17.7 Å². The number of urea groups is 1. The molecular formula is C16H18N4O3. The third-order valence-electron chi connectivity index (χ3n) is 3.68. The molecular weight excluding hydrogens is 296 g/mol. The number of carbonyl (C=O) groups excluding carboxylic acids is 2. The first-order valence-electron chi connectivity index (χ1n) is 7.39. The number of benzene rings is 1. The van der Waals surface area contributed by atoms with Gasteiger partial charge >= 0.3 is 6.03 Å². The summed E-state index contributed by atoms with van der Waals surface area (Å²) in [5, 5.41) is 9.06. The molecule has 0 unspecified atom stereocenters. The number of nitrogens with one attached hydrogen (secondary N) is 2. The molecule has 0 spiro atoms. The molecule has 0 saturated carbocycles. The maximum Gasteiger partial charge on any atom is 0.320 e. The predicted molar refractivity (Wildman–Crippen MR) is 85.3 cm³/mol. The van der Waals surface area contributed by atoms with E-state index in [9.17, 15) is 9.59 Å². The molecule has 0 radical (unpaired) electrons. The van der Waals surface area contributed by atoms with Crippen LogP contribution < -0.4 is 15.5 Å². The van der Waals surface area contributed by atoms with Crippen molar-refractivity contribution >= 4 is 23.4 Å². The largest absolute Gasteiger partial charge is 0.360 e. The molecule has 1 aromatic carbocycles. The number of aromatic nitrogens is 1. The van der Waals surface area contributed by atoms with Gasteiger partial charge in [0.05, 0.1) is 6.04 Å². The molecule has 7 nitrogen and oxygen atoms in total. The number of amides is 3. The highest BCUT2D eigenvalue weighted by Gasteiger charge is 2.31. The fraction of sp³-hybridized carbons (Fsp3) is 0.312. The predicted octanol–water partition coefficient (Wildman–Crippen LogP) is 2.22. The van der Waals surface area contributed by atoms with E-state index in [1.807, 2.05) is 31.2 Å². The lowest BCUT2D eigenvalue weighted by molar-refractivity contribution is -0.117. The van der Waals surface area contributed by atoms with Crippen molar-refractivity contribution in [2.24, 2.45) is 0 Å². The van der Waals surface area contributed by atoms with E-state index in [2.05, 4.69) is 15.8 Å². The van der Waals surface area contributed by atoms with E-state index >= 15 is 0 Å². The normalized spacial score (nSPS) is 17.4. The average molecular weight is 314 g/mol. The Balaban J connectivity index is 1.59. The maximum atomic E-state index is 12.1. The fourth-order valence-electron chi connectivity index (χ4n) is 2.54. The Bertz CT molecular complexity index is 723. The standard InChI is InChI=1S/C16H18N4O3/c1-10-3-5-13(6-4-10)20-9-12(8-15(20)21)17-16(22)18-14-7-11(2)23-19-14/h3-7,12H,8-9H2,1-2H3,(H2,17,18,19,22)/t12-/m1/s1. The summed E-state index contributed by atoms with van der Waals surface area (Å²) in [7, 11) is 0. The molecule has 0 bridgehead atoms. The molecule has 1 atom stereocenters. The van der Waals surface area contributed by atoms with Crippen molar-refractivity contribution in [3.05, 3.63) is 41.7 Å². The van der Waals surface area contributed by atoms with Crippen LogP contribution in [0.2, 0.25) is 0 Å². The lowest BCUT2D eigenvalue weighted by atomic mass is 10.2. The van der Waals surface area contributed by atoms with Crippen molar-refractivity contribution in [3.63, 3.8) is 0 Å². The Kier molecular flexibility index (Phi) is 4.01. The highest BCUT2D eigenvalue weighted by Crippen LogP contribution is 2.22. The van der Waals surface area contributed by atoms with Crippen LogP contribution >= 0.6 is 0 Å². The van der Waals surface area contributed by atoms with Crippen LogP contribution in [0.15, 0.2) is 34.9 Å². The van der Waals surface area contributed by atoms with Gasteiger partial charge in [0.15, 0.2) is 5.82 Å². The first-order chi connectivity index (χ1) is 11.0. The lowest BCUT2D eigenvalue weighted by Gasteiger charge is -2.17. The summed E-state index contributed by atoms with van der Waals surface area (Å²) in [6.07, 6.45) is 0.277. The molecule has 23 heavy (non-hydrogen) atoms. The molecule has 2 aromatic rings. The second kappa shape index (κ2) is 6.12. The van der Waals surface area contributed by atoms with Gasteiger partial charge in [-0.2, -0.15) is 0 Å². The molecule has 120 valence electrons. The molecule has 1 aliphatic rings. The smallest absolute Gasteiger partial charge is 0.320 e. The van der Waals surface area contributed by atoms with Crippen molar-refractivity contribution < 1.29 is 14.1 Å². The van der Waals surface area contributed by atoms with Crippen LogP contribution in [0.3, 0.4) is 0 Å². The van der Waals surface area contributed by atoms with Crippen LogP contribution in [-0.4, -0.2) is 29.7 Å². The number of rotatable bonds is 3. The molecule has 2 N–H and O–H groups in total. The summed E-state index contributed by atoms with van der Waals surface area (Å²) in [5.74, 6) is 0.957. The molecule has 1 aliphatic heterocycles. The van der Waals surface area contributed by atoms with Crippen LogP contribution in [-0.2, 0) is 4.79 Å². The van der Waals surface area contributed by atoms with Gasteiger partial charge in [-0.3, -0.25) is 10.1 Å². The Hall–Kier alpha value is -2.83. The molecule has 2 heterocycles. The van der Waals surface area contributed by atoms with E-state index < -0.39 is 6.03 Å². The highest BCUT2D eigenvalue weighted by molar-refractivity contribution is 5.97. The Morgan fingerprint density at radius 2 is 2.04 bits per heavy atom. The van der Waals surface area contributed by atoms with Crippen LogP contribution in [0.4, 0.5) is 16.3 Å². The van der Waals surface area contributed by atoms with Crippen molar-refractivity contribution in [1.29, 1.82) is 0 Å². The van der Waals surface area contributed by atoms with E-state index in [-0.39, 0.29) is 18.4 Å². The second-order valence-corrected chi connectivity index (χ2v) is 5.66. The fourth-order valence-corrected chi connectivity index (χ4v) is 2.54. The molecule has 1 aromatic heterocycles. The topological polar surface area (TPSA) is 87.5 Å². The third-order valence-corrected chi connectivity index (χ3v) is 3.68. The minimum atomic E-state index is -0.401. The third kappa shape index (κ3) is 3.50. The Labute approximate surface area is 133 Å². The van der Waals surface area contributed by atoms with E-state index in [0.29, 0.717) is 18.1 Å². The van der Waals surface area contributed by atoms with Crippen molar-refractivity contribution in [2.75, 3.05) is 16.8 Å². The number of anilines is 2. The van der Waals surface area contributed by atoms with Gasteiger partial charge in [-0.15, -0.1) is 0 Å². The average Bonchev–Trinajstić information content (AvgIpc) is 3.06. The number of hydrogen-bond acceptors (Lipinski definition) is 4. The zero-order chi connectivity index (χ0) is 16.4. The zero-order valence-corrected chi connectivity index (χ0v) is 13.0. The van der Waals surface area contributed by atoms with Crippen LogP contribution in [0.25, 0.3) is 0 Å². The lowest BCUT2D eigenvalue weighted by Crippen LogP contribution is -2.39. The number of carbonyl (C=O) groups is 2. The van der Waals surface area contributed by atoms with Gasteiger partial charge in [0.1, 0.15) is 5.76 Å². The van der Waals surface area contributed by atoms with E-state index in [1.165, 1.54) is 0 Å². The minimum absolute atomic E-state index is 0.00330. The zero-order valence-electron chi connectivity index (χ0n) is 13.0. The van der Waals surface area contributed by atoms with Crippen LogP contribution in [0, 0.1) is 13.8 Å². The first-order valence-corrected chi connectivity index (χ1v) is 7.39. The van der Waals surface area contributed by atoms with Crippen molar-refractivity contribution in [3.8, 4) is 0 Å². The first kappa shape index (κ1) is 15.1. The van der Waals surface area contributed by atoms with Gasteiger partial charge in [-0.1, -0.05) is 22.9 Å².